The van der Waals surface area contributed by atoms with Crippen molar-refractivity contribution in [1.29, 1.82) is 0 Å². The third kappa shape index (κ3) is 5.90. The molecule has 11 heteroatoms. The lowest BCUT2D eigenvalue weighted by molar-refractivity contribution is -0.142. The van der Waals surface area contributed by atoms with E-state index < -0.39 is 29.5 Å². The highest BCUT2D eigenvalue weighted by Crippen LogP contribution is 2.38. The van der Waals surface area contributed by atoms with E-state index in [0.717, 1.165) is 19.3 Å². The van der Waals surface area contributed by atoms with Gasteiger partial charge in [0, 0.05) is 43.6 Å². The molecular formula is C24H28F3N5O3. The Balaban J connectivity index is 1.49. The number of aromatic nitrogens is 2. The van der Waals surface area contributed by atoms with Crippen LogP contribution in [0.2, 0.25) is 0 Å². The SMILES string of the molecule is CN1CCN(C(=O)c2ccc(Nc3ncc(C(F)(F)F)c(C[C@@H]4CCC[C@@H]4C(=O)O)n3)cc2)CC1. The minimum atomic E-state index is -4.64. The van der Waals surface area contributed by atoms with Crippen molar-refractivity contribution in [3.8, 4) is 0 Å². The average Bonchev–Trinajstić information content (AvgIpc) is 3.27. The number of rotatable bonds is 6. The quantitative estimate of drug-likeness (QED) is 0.636. The van der Waals surface area contributed by atoms with E-state index in [4.69, 9.17) is 0 Å². The highest BCUT2D eigenvalue weighted by Gasteiger charge is 2.38. The van der Waals surface area contributed by atoms with Gasteiger partial charge in [0.2, 0.25) is 5.95 Å². The van der Waals surface area contributed by atoms with Crippen LogP contribution in [0, 0.1) is 11.8 Å². The van der Waals surface area contributed by atoms with E-state index in [1.54, 1.807) is 29.2 Å². The van der Waals surface area contributed by atoms with Crippen molar-refractivity contribution < 1.29 is 27.9 Å². The molecule has 1 aliphatic carbocycles. The van der Waals surface area contributed by atoms with Crippen molar-refractivity contribution in [1.82, 2.24) is 19.8 Å². The van der Waals surface area contributed by atoms with Crippen molar-refractivity contribution in [2.75, 3.05) is 38.5 Å². The van der Waals surface area contributed by atoms with Gasteiger partial charge in [0.05, 0.1) is 17.2 Å². The number of carbonyl (C=O) groups excluding carboxylic acids is 1. The molecule has 0 unspecified atom stereocenters. The minimum absolute atomic E-state index is 0.0176. The van der Waals surface area contributed by atoms with Gasteiger partial charge in [-0.25, -0.2) is 9.97 Å². The van der Waals surface area contributed by atoms with E-state index in [2.05, 4.69) is 20.2 Å². The van der Waals surface area contributed by atoms with E-state index in [1.807, 2.05) is 7.05 Å². The number of halogens is 3. The highest BCUT2D eigenvalue weighted by atomic mass is 19.4. The van der Waals surface area contributed by atoms with Crippen molar-refractivity contribution in [3.05, 3.63) is 47.3 Å². The Bertz CT molecular complexity index is 1070. The Kier molecular flexibility index (Phi) is 7.25. The first-order valence-electron chi connectivity index (χ1n) is 11.6. The minimum Gasteiger partial charge on any atom is -0.481 e. The van der Waals surface area contributed by atoms with Gasteiger partial charge in [-0.05, 0) is 56.5 Å². The summed E-state index contributed by atoms with van der Waals surface area (Å²) in [6, 6.07) is 6.62. The summed E-state index contributed by atoms with van der Waals surface area (Å²) >= 11 is 0. The molecule has 1 saturated heterocycles. The molecule has 2 atom stereocenters. The smallest absolute Gasteiger partial charge is 0.419 e. The molecular weight excluding hydrogens is 463 g/mol. The maximum atomic E-state index is 13.6. The van der Waals surface area contributed by atoms with Gasteiger partial charge in [-0.2, -0.15) is 13.2 Å². The van der Waals surface area contributed by atoms with E-state index in [9.17, 15) is 27.9 Å². The van der Waals surface area contributed by atoms with Crippen molar-refractivity contribution in [3.63, 3.8) is 0 Å². The third-order valence-electron chi connectivity index (χ3n) is 6.78. The van der Waals surface area contributed by atoms with Crippen LogP contribution >= 0.6 is 0 Å². The number of carboxylic acid groups (broad SMARTS) is 1. The maximum Gasteiger partial charge on any atom is 0.419 e. The van der Waals surface area contributed by atoms with Crippen LogP contribution in [0.25, 0.3) is 0 Å². The third-order valence-corrected chi connectivity index (χ3v) is 6.78. The molecule has 0 spiro atoms. The predicted molar refractivity (Wildman–Crippen MR) is 122 cm³/mol. The summed E-state index contributed by atoms with van der Waals surface area (Å²) < 4.78 is 40.7. The number of amides is 1. The lowest BCUT2D eigenvalue weighted by atomic mass is 9.90. The molecule has 1 aromatic carbocycles. The van der Waals surface area contributed by atoms with Crippen LogP contribution in [0.3, 0.4) is 0 Å². The number of benzene rings is 1. The van der Waals surface area contributed by atoms with Gasteiger partial charge in [0.15, 0.2) is 0 Å². The van der Waals surface area contributed by atoms with Gasteiger partial charge in [-0.1, -0.05) is 6.42 Å². The fourth-order valence-electron chi connectivity index (χ4n) is 4.74. The zero-order valence-electron chi connectivity index (χ0n) is 19.4. The Morgan fingerprint density at radius 3 is 2.43 bits per heavy atom. The summed E-state index contributed by atoms with van der Waals surface area (Å²) in [5, 5.41) is 12.3. The first-order valence-corrected chi connectivity index (χ1v) is 11.6. The number of nitrogens with one attached hydrogen (secondary N) is 1. The van der Waals surface area contributed by atoms with Gasteiger partial charge >= 0.3 is 12.1 Å². The zero-order valence-corrected chi connectivity index (χ0v) is 19.4. The molecule has 188 valence electrons. The molecule has 0 radical (unpaired) electrons. The number of carbonyl (C=O) groups is 2. The summed E-state index contributed by atoms with van der Waals surface area (Å²) in [7, 11) is 2.01. The number of anilines is 2. The Morgan fingerprint density at radius 2 is 1.80 bits per heavy atom. The highest BCUT2D eigenvalue weighted by molar-refractivity contribution is 5.94. The van der Waals surface area contributed by atoms with E-state index >= 15 is 0 Å². The summed E-state index contributed by atoms with van der Waals surface area (Å²) in [4.78, 5) is 36.1. The standard InChI is InChI=1S/C24H28F3N5O3/c1-31-9-11-32(12-10-31)21(33)15-5-7-17(8-6-15)29-23-28-14-19(24(25,26)27)20(30-23)13-16-3-2-4-18(16)22(34)35/h5-8,14,16,18H,2-4,9-13H2,1H3,(H,34,35)(H,28,29,30)/t16-,18-/m0/s1. The van der Waals surface area contributed by atoms with Gasteiger partial charge in [0.25, 0.3) is 5.91 Å². The molecule has 2 aromatic rings. The van der Waals surface area contributed by atoms with Crippen molar-refractivity contribution in [2.45, 2.75) is 31.9 Å². The largest absolute Gasteiger partial charge is 0.481 e. The lowest BCUT2D eigenvalue weighted by Crippen LogP contribution is -2.47. The molecule has 1 aliphatic heterocycles. The summed E-state index contributed by atoms with van der Waals surface area (Å²) in [6.45, 7) is 2.93. The fraction of sp³-hybridized carbons (Fsp3) is 0.500. The lowest BCUT2D eigenvalue weighted by Gasteiger charge is -2.32. The molecule has 8 nitrogen and oxygen atoms in total. The molecule has 2 heterocycles. The predicted octanol–water partition coefficient (Wildman–Crippen LogP) is 3.67. The van der Waals surface area contributed by atoms with Crippen molar-refractivity contribution in [2.24, 2.45) is 11.8 Å². The number of hydrogen-bond donors (Lipinski definition) is 2. The van der Waals surface area contributed by atoms with Crippen LogP contribution in [0.4, 0.5) is 24.8 Å². The summed E-state index contributed by atoms with van der Waals surface area (Å²) in [5.41, 5.74) is -0.118. The monoisotopic (exact) mass is 491 g/mol. The summed E-state index contributed by atoms with van der Waals surface area (Å²) in [6.07, 6.45) is -2.32. The van der Waals surface area contributed by atoms with Crippen LogP contribution in [-0.4, -0.2) is 70.0 Å². The number of likely N-dealkylation sites (N-methyl/N-ethyl adjacent to an activating group) is 1. The first-order chi connectivity index (χ1) is 16.6. The Morgan fingerprint density at radius 1 is 1.11 bits per heavy atom. The molecule has 1 saturated carbocycles. The zero-order chi connectivity index (χ0) is 25.2. The van der Waals surface area contributed by atoms with Gasteiger partial charge in [-0.3, -0.25) is 9.59 Å². The van der Waals surface area contributed by atoms with Crippen molar-refractivity contribution >= 4 is 23.5 Å². The molecule has 1 aromatic heterocycles. The number of aliphatic carboxylic acids is 1. The van der Waals surface area contributed by atoms with Gasteiger partial charge in [0.1, 0.15) is 0 Å². The molecule has 2 N–H and O–H groups in total. The van der Waals surface area contributed by atoms with E-state index in [0.29, 0.717) is 43.6 Å². The Hall–Kier alpha value is -3.21. The molecule has 35 heavy (non-hydrogen) atoms. The van der Waals surface area contributed by atoms with E-state index in [1.165, 1.54) is 0 Å². The van der Waals surface area contributed by atoms with E-state index in [-0.39, 0.29) is 24.0 Å². The second kappa shape index (κ2) is 10.2. The molecule has 2 fully saturated rings. The molecule has 1 amide bonds. The number of nitrogens with zero attached hydrogens (tertiary/aromatic N) is 4. The number of carboxylic acids is 1. The normalized spacial score (nSPS) is 21.2. The summed E-state index contributed by atoms with van der Waals surface area (Å²) in [5.74, 6) is -2.15. The van der Waals surface area contributed by atoms with Crippen LogP contribution in [0.5, 0.6) is 0 Å². The second-order valence-electron chi connectivity index (χ2n) is 9.19. The van der Waals surface area contributed by atoms with Crippen LogP contribution in [0.1, 0.15) is 40.9 Å². The number of piperazine rings is 1. The average molecular weight is 492 g/mol. The van der Waals surface area contributed by atoms with Crippen LogP contribution in [0.15, 0.2) is 30.5 Å². The maximum absolute atomic E-state index is 13.6. The van der Waals surface area contributed by atoms with Crippen LogP contribution in [-0.2, 0) is 17.4 Å². The Labute approximate surface area is 201 Å². The van der Waals surface area contributed by atoms with Gasteiger partial charge in [-0.15, -0.1) is 0 Å². The van der Waals surface area contributed by atoms with Crippen LogP contribution < -0.4 is 5.32 Å². The number of alkyl halides is 3. The molecule has 4 rings (SSSR count). The second-order valence-corrected chi connectivity index (χ2v) is 9.19. The molecule has 2 aliphatic rings. The topological polar surface area (TPSA) is 98.7 Å². The fourth-order valence-corrected chi connectivity index (χ4v) is 4.74. The first kappa shape index (κ1) is 24.9. The van der Waals surface area contributed by atoms with Gasteiger partial charge < -0.3 is 20.2 Å². The molecule has 0 bridgehead atoms. The number of hydrogen-bond acceptors (Lipinski definition) is 6.